The molecule has 0 saturated heterocycles. The Morgan fingerprint density at radius 1 is 1.00 bits per heavy atom. The molecule has 0 heterocycles. The van der Waals surface area contributed by atoms with Crippen LogP contribution in [0.3, 0.4) is 0 Å². The molecule has 5 nitrogen and oxygen atoms in total. The Kier molecular flexibility index (Phi) is 6.03. The average Bonchev–Trinajstić information content (AvgIpc) is 2.54. The number of carbonyl (C=O) groups is 2. The van der Waals surface area contributed by atoms with Crippen molar-refractivity contribution in [3.63, 3.8) is 0 Å². The zero-order chi connectivity index (χ0) is 19.3. The maximum Gasteiger partial charge on any atom is 0.408 e. The Labute approximate surface area is 154 Å². The number of carboxylic acids is 1. The fourth-order valence-electron chi connectivity index (χ4n) is 2.46. The van der Waals surface area contributed by atoms with E-state index in [1.807, 2.05) is 31.2 Å². The summed E-state index contributed by atoms with van der Waals surface area (Å²) in [6.45, 7) is 7.22. The Bertz CT molecular complexity index is 758. The van der Waals surface area contributed by atoms with Crippen molar-refractivity contribution < 1.29 is 19.4 Å². The molecule has 0 radical (unpaired) electrons. The molecule has 0 spiro atoms. The van der Waals surface area contributed by atoms with E-state index >= 15 is 0 Å². The minimum Gasteiger partial charge on any atom is -0.480 e. The molecule has 0 aliphatic carbocycles. The van der Waals surface area contributed by atoms with Gasteiger partial charge in [0, 0.05) is 6.42 Å². The quantitative estimate of drug-likeness (QED) is 0.843. The summed E-state index contributed by atoms with van der Waals surface area (Å²) >= 11 is 0. The van der Waals surface area contributed by atoms with Crippen molar-refractivity contribution >= 4 is 12.1 Å². The third-order valence-electron chi connectivity index (χ3n) is 3.77. The number of carboxylic acid groups (broad SMARTS) is 1. The number of aliphatic carboxylic acids is 1. The smallest absolute Gasteiger partial charge is 0.408 e. The fraction of sp³-hybridized carbons (Fsp3) is 0.333. The summed E-state index contributed by atoms with van der Waals surface area (Å²) in [5.41, 5.74) is 3.50. The molecule has 0 aliphatic rings. The van der Waals surface area contributed by atoms with Gasteiger partial charge in [0.2, 0.25) is 0 Å². The van der Waals surface area contributed by atoms with Crippen LogP contribution in [-0.4, -0.2) is 28.8 Å². The summed E-state index contributed by atoms with van der Waals surface area (Å²) in [4.78, 5) is 23.3. The first-order valence-electron chi connectivity index (χ1n) is 8.52. The molecular weight excluding hydrogens is 330 g/mol. The second-order valence-electron chi connectivity index (χ2n) is 7.30. The SMILES string of the molecule is Cc1ccc(-c2ccc(C[C@@H](NC(=O)OC(C)(C)C)C(=O)O)cc2)cc1. The minimum atomic E-state index is -1.10. The van der Waals surface area contributed by atoms with Gasteiger partial charge >= 0.3 is 12.1 Å². The van der Waals surface area contributed by atoms with Gasteiger partial charge in [-0.2, -0.15) is 0 Å². The molecular formula is C21H25NO4. The molecule has 0 bridgehead atoms. The van der Waals surface area contributed by atoms with Gasteiger partial charge in [-0.05, 0) is 44.4 Å². The third-order valence-corrected chi connectivity index (χ3v) is 3.77. The van der Waals surface area contributed by atoms with Gasteiger partial charge < -0.3 is 15.2 Å². The standard InChI is InChI=1S/C21H25NO4/c1-14-5-9-16(10-6-14)17-11-7-15(8-12-17)13-18(19(23)24)22-20(25)26-21(2,3)4/h5-12,18H,13H2,1-4H3,(H,22,25)(H,23,24)/t18-/m1/s1. The van der Waals surface area contributed by atoms with E-state index in [4.69, 9.17) is 4.74 Å². The molecule has 5 heteroatoms. The number of rotatable bonds is 5. The molecule has 0 aromatic heterocycles. The van der Waals surface area contributed by atoms with Gasteiger partial charge in [-0.15, -0.1) is 0 Å². The number of ether oxygens (including phenoxy) is 1. The van der Waals surface area contributed by atoms with Crippen molar-refractivity contribution in [1.82, 2.24) is 5.32 Å². The molecule has 0 unspecified atom stereocenters. The van der Waals surface area contributed by atoms with Crippen LogP contribution in [0.1, 0.15) is 31.9 Å². The van der Waals surface area contributed by atoms with Crippen LogP contribution in [0.15, 0.2) is 48.5 Å². The summed E-state index contributed by atoms with van der Waals surface area (Å²) in [6.07, 6.45) is -0.552. The lowest BCUT2D eigenvalue weighted by Crippen LogP contribution is -2.44. The maximum absolute atomic E-state index is 11.8. The number of nitrogens with one attached hydrogen (secondary N) is 1. The lowest BCUT2D eigenvalue weighted by molar-refractivity contribution is -0.139. The van der Waals surface area contributed by atoms with Crippen LogP contribution in [0.25, 0.3) is 11.1 Å². The minimum absolute atomic E-state index is 0.183. The van der Waals surface area contributed by atoms with Gasteiger partial charge in [-0.25, -0.2) is 9.59 Å². The summed E-state index contributed by atoms with van der Waals surface area (Å²) in [5.74, 6) is -1.10. The average molecular weight is 355 g/mol. The Morgan fingerprint density at radius 2 is 1.50 bits per heavy atom. The van der Waals surface area contributed by atoms with Gasteiger partial charge in [-0.3, -0.25) is 0 Å². The van der Waals surface area contributed by atoms with Crippen LogP contribution in [-0.2, 0) is 16.0 Å². The van der Waals surface area contributed by atoms with Crippen molar-refractivity contribution in [1.29, 1.82) is 0 Å². The predicted octanol–water partition coefficient (Wildman–Crippen LogP) is 4.18. The lowest BCUT2D eigenvalue weighted by atomic mass is 10.00. The van der Waals surface area contributed by atoms with Gasteiger partial charge in [0.1, 0.15) is 11.6 Å². The van der Waals surface area contributed by atoms with Crippen LogP contribution < -0.4 is 5.32 Å². The third kappa shape index (κ3) is 5.92. The molecule has 0 saturated carbocycles. The van der Waals surface area contributed by atoms with Gasteiger partial charge in [0.15, 0.2) is 0 Å². The monoisotopic (exact) mass is 355 g/mol. The van der Waals surface area contributed by atoms with Gasteiger partial charge in [0.05, 0.1) is 0 Å². The van der Waals surface area contributed by atoms with E-state index in [0.29, 0.717) is 0 Å². The van der Waals surface area contributed by atoms with E-state index in [2.05, 4.69) is 29.6 Å². The molecule has 2 aromatic carbocycles. The Hall–Kier alpha value is -2.82. The van der Waals surface area contributed by atoms with Crippen molar-refractivity contribution in [2.24, 2.45) is 0 Å². The molecule has 1 atom stereocenters. The van der Waals surface area contributed by atoms with Crippen molar-refractivity contribution in [3.05, 3.63) is 59.7 Å². The van der Waals surface area contributed by atoms with E-state index in [9.17, 15) is 14.7 Å². The first-order valence-corrected chi connectivity index (χ1v) is 8.52. The lowest BCUT2D eigenvalue weighted by Gasteiger charge is -2.22. The normalized spacial score (nSPS) is 12.3. The van der Waals surface area contributed by atoms with E-state index in [1.165, 1.54) is 5.56 Å². The molecule has 0 fully saturated rings. The molecule has 0 aliphatic heterocycles. The highest BCUT2D eigenvalue weighted by Gasteiger charge is 2.24. The second-order valence-corrected chi connectivity index (χ2v) is 7.30. The summed E-state index contributed by atoms with van der Waals surface area (Å²) in [7, 11) is 0. The largest absolute Gasteiger partial charge is 0.480 e. The van der Waals surface area contributed by atoms with E-state index in [0.717, 1.165) is 16.7 Å². The molecule has 2 aromatic rings. The van der Waals surface area contributed by atoms with E-state index in [1.54, 1.807) is 20.8 Å². The van der Waals surface area contributed by atoms with E-state index < -0.39 is 23.7 Å². The maximum atomic E-state index is 11.8. The van der Waals surface area contributed by atoms with Gasteiger partial charge in [-0.1, -0.05) is 54.1 Å². The van der Waals surface area contributed by atoms with Crippen LogP contribution in [0.4, 0.5) is 4.79 Å². The zero-order valence-electron chi connectivity index (χ0n) is 15.6. The summed E-state index contributed by atoms with van der Waals surface area (Å²) < 4.78 is 5.13. The number of amides is 1. The second kappa shape index (κ2) is 8.04. The molecule has 26 heavy (non-hydrogen) atoms. The number of benzene rings is 2. The van der Waals surface area contributed by atoms with Crippen molar-refractivity contribution in [3.8, 4) is 11.1 Å². The van der Waals surface area contributed by atoms with Crippen molar-refractivity contribution in [2.75, 3.05) is 0 Å². The van der Waals surface area contributed by atoms with Crippen LogP contribution >= 0.6 is 0 Å². The Balaban J connectivity index is 2.06. The number of aryl methyl sites for hydroxylation is 1. The summed E-state index contributed by atoms with van der Waals surface area (Å²) in [5, 5.41) is 11.8. The van der Waals surface area contributed by atoms with Gasteiger partial charge in [0.25, 0.3) is 0 Å². The summed E-state index contributed by atoms with van der Waals surface area (Å²) in [6, 6.07) is 14.8. The topological polar surface area (TPSA) is 75.6 Å². The fourth-order valence-corrected chi connectivity index (χ4v) is 2.46. The molecule has 138 valence electrons. The van der Waals surface area contributed by atoms with Crippen LogP contribution in [0.2, 0.25) is 0 Å². The highest BCUT2D eigenvalue weighted by Crippen LogP contribution is 2.21. The Morgan fingerprint density at radius 3 is 1.96 bits per heavy atom. The first-order chi connectivity index (χ1) is 12.1. The predicted molar refractivity (Wildman–Crippen MR) is 101 cm³/mol. The molecule has 2 N–H and O–H groups in total. The van der Waals surface area contributed by atoms with Crippen LogP contribution in [0, 0.1) is 6.92 Å². The number of carbonyl (C=O) groups excluding carboxylic acids is 1. The highest BCUT2D eigenvalue weighted by molar-refractivity contribution is 5.80. The molecule has 2 rings (SSSR count). The first kappa shape index (κ1) is 19.5. The zero-order valence-corrected chi connectivity index (χ0v) is 15.6. The molecule has 1 amide bonds. The van der Waals surface area contributed by atoms with Crippen molar-refractivity contribution in [2.45, 2.75) is 45.8 Å². The number of hydrogen-bond donors (Lipinski definition) is 2. The highest BCUT2D eigenvalue weighted by atomic mass is 16.6. The number of hydrogen-bond acceptors (Lipinski definition) is 3. The number of alkyl carbamates (subject to hydrolysis) is 1. The van der Waals surface area contributed by atoms with Crippen LogP contribution in [0.5, 0.6) is 0 Å². The van der Waals surface area contributed by atoms with E-state index in [-0.39, 0.29) is 6.42 Å².